The highest BCUT2D eigenvalue weighted by atomic mass is 19.1. The van der Waals surface area contributed by atoms with Crippen LogP contribution in [0.3, 0.4) is 0 Å². The number of piperidine rings is 1. The van der Waals surface area contributed by atoms with Gasteiger partial charge in [-0.05, 0) is 37.1 Å². The number of hydrogen-bond donors (Lipinski definition) is 0. The molecule has 1 aromatic carbocycles. The van der Waals surface area contributed by atoms with Crippen LogP contribution in [-0.2, 0) is 22.5 Å². The number of nitrogens with zero attached hydrogens (tertiary/aromatic N) is 4. The largest absolute Gasteiger partial charge is 0.491 e. The van der Waals surface area contributed by atoms with E-state index in [0.29, 0.717) is 31.3 Å². The molecule has 162 valence electrons. The Bertz CT molecular complexity index is 836. The van der Waals surface area contributed by atoms with Crippen molar-refractivity contribution in [2.24, 2.45) is 0 Å². The number of morpholine rings is 1. The Balaban J connectivity index is 1.25. The Hall–Kier alpha value is -2.52. The molecule has 0 radical (unpaired) electrons. The van der Waals surface area contributed by atoms with Gasteiger partial charge in [0, 0.05) is 25.6 Å². The summed E-state index contributed by atoms with van der Waals surface area (Å²) in [5.74, 6) is 1.68. The number of benzene rings is 1. The molecular weight excluding hydrogens is 391 g/mol. The van der Waals surface area contributed by atoms with E-state index in [4.69, 9.17) is 14.0 Å². The molecule has 0 aliphatic carbocycles. The fraction of sp³-hybridized carbons (Fsp3) is 0.571. The summed E-state index contributed by atoms with van der Waals surface area (Å²) < 4.78 is 29.6. The molecule has 4 rings (SSSR count). The predicted molar refractivity (Wildman–Crippen MR) is 105 cm³/mol. The Morgan fingerprint density at radius 3 is 2.70 bits per heavy atom. The van der Waals surface area contributed by atoms with Gasteiger partial charge in [0.05, 0.1) is 13.1 Å². The molecule has 2 saturated heterocycles. The van der Waals surface area contributed by atoms with Crippen LogP contribution in [0.4, 0.5) is 4.39 Å². The highest BCUT2D eigenvalue weighted by molar-refractivity contribution is 5.78. The zero-order chi connectivity index (χ0) is 20.9. The van der Waals surface area contributed by atoms with Crippen LogP contribution in [-0.4, -0.2) is 70.8 Å². The van der Waals surface area contributed by atoms with Crippen LogP contribution in [0.15, 0.2) is 28.8 Å². The molecule has 2 aliphatic rings. The van der Waals surface area contributed by atoms with Gasteiger partial charge in [-0.1, -0.05) is 12.1 Å². The molecule has 1 atom stereocenters. The standard InChI is InChI=1S/C21H27FN4O4/c1-2-19-23-20(30-24-19)12-25-9-7-16(8-10-25)26-11-18(29-14-21(26)27)13-28-17-5-3-15(22)4-6-17/h3-6,16,18H,2,7-14H2,1H3/t18-/m0/s1. The van der Waals surface area contributed by atoms with Gasteiger partial charge in [-0.15, -0.1) is 0 Å². The molecule has 0 saturated carbocycles. The molecule has 0 spiro atoms. The van der Waals surface area contributed by atoms with Crippen molar-refractivity contribution in [3.05, 3.63) is 41.8 Å². The normalized spacial score (nSPS) is 21.2. The summed E-state index contributed by atoms with van der Waals surface area (Å²) >= 11 is 0. The maximum atomic E-state index is 13.0. The molecule has 2 aromatic rings. The molecular formula is C21H27FN4O4. The Kier molecular flexibility index (Phi) is 6.59. The molecule has 0 bridgehead atoms. The number of rotatable bonds is 7. The minimum absolute atomic E-state index is 0.0240. The third-order valence-electron chi connectivity index (χ3n) is 5.60. The SMILES string of the molecule is CCc1noc(CN2CCC(N3C[C@@H](COc4ccc(F)cc4)OCC3=O)CC2)n1. The van der Waals surface area contributed by atoms with Crippen LogP contribution >= 0.6 is 0 Å². The summed E-state index contributed by atoms with van der Waals surface area (Å²) in [5, 5.41) is 3.94. The van der Waals surface area contributed by atoms with Crippen molar-refractivity contribution in [3.63, 3.8) is 0 Å². The van der Waals surface area contributed by atoms with Gasteiger partial charge in [-0.25, -0.2) is 4.39 Å². The maximum absolute atomic E-state index is 13.0. The zero-order valence-corrected chi connectivity index (χ0v) is 17.1. The first-order chi connectivity index (χ1) is 14.6. The Morgan fingerprint density at radius 1 is 1.23 bits per heavy atom. The Labute approximate surface area is 174 Å². The number of aryl methyl sites for hydroxylation is 1. The summed E-state index contributed by atoms with van der Waals surface area (Å²) in [4.78, 5) is 21.0. The molecule has 30 heavy (non-hydrogen) atoms. The second-order valence-electron chi connectivity index (χ2n) is 7.71. The van der Waals surface area contributed by atoms with E-state index in [-0.39, 0.29) is 30.5 Å². The summed E-state index contributed by atoms with van der Waals surface area (Å²) in [7, 11) is 0. The quantitative estimate of drug-likeness (QED) is 0.681. The minimum Gasteiger partial charge on any atom is -0.491 e. The average Bonchev–Trinajstić information content (AvgIpc) is 3.22. The molecule has 9 heteroatoms. The van der Waals surface area contributed by atoms with E-state index in [2.05, 4.69) is 15.0 Å². The molecule has 1 aromatic heterocycles. The van der Waals surface area contributed by atoms with Crippen molar-refractivity contribution in [2.45, 2.75) is 44.9 Å². The summed E-state index contributed by atoms with van der Waals surface area (Å²) in [5.41, 5.74) is 0. The van der Waals surface area contributed by atoms with Gasteiger partial charge >= 0.3 is 0 Å². The van der Waals surface area contributed by atoms with Gasteiger partial charge < -0.3 is 18.9 Å². The number of amides is 1. The molecule has 2 aliphatic heterocycles. The van der Waals surface area contributed by atoms with Crippen molar-refractivity contribution in [3.8, 4) is 5.75 Å². The monoisotopic (exact) mass is 418 g/mol. The van der Waals surface area contributed by atoms with Crippen LogP contribution < -0.4 is 4.74 Å². The van der Waals surface area contributed by atoms with Crippen molar-refractivity contribution in [2.75, 3.05) is 32.8 Å². The third-order valence-corrected chi connectivity index (χ3v) is 5.60. The number of likely N-dealkylation sites (tertiary alicyclic amines) is 1. The van der Waals surface area contributed by atoms with E-state index >= 15 is 0 Å². The number of carbonyl (C=O) groups is 1. The first-order valence-corrected chi connectivity index (χ1v) is 10.4. The number of carbonyl (C=O) groups excluding carboxylic acids is 1. The van der Waals surface area contributed by atoms with Gasteiger partial charge in [0.1, 0.15) is 30.9 Å². The lowest BCUT2D eigenvalue weighted by Gasteiger charge is -2.41. The van der Waals surface area contributed by atoms with Gasteiger partial charge in [-0.2, -0.15) is 4.98 Å². The van der Waals surface area contributed by atoms with Crippen molar-refractivity contribution < 1.29 is 23.2 Å². The lowest BCUT2D eigenvalue weighted by atomic mass is 10.0. The van der Waals surface area contributed by atoms with Crippen LogP contribution in [0.2, 0.25) is 0 Å². The highest BCUT2D eigenvalue weighted by Crippen LogP contribution is 2.22. The van der Waals surface area contributed by atoms with Crippen LogP contribution in [0.1, 0.15) is 31.5 Å². The third kappa shape index (κ3) is 5.14. The molecule has 8 nitrogen and oxygen atoms in total. The predicted octanol–water partition coefficient (Wildman–Crippen LogP) is 2.04. The van der Waals surface area contributed by atoms with Gasteiger partial charge in [0.15, 0.2) is 5.82 Å². The Morgan fingerprint density at radius 2 is 2.00 bits per heavy atom. The van der Waals surface area contributed by atoms with E-state index in [1.165, 1.54) is 12.1 Å². The topological polar surface area (TPSA) is 80.9 Å². The first-order valence-electron chi connectivity index (χ1n) is 10.4. The lowest BCUT2D eigenvalue weighted by Crippen LogP contribution is -2.55. The van der Waals surface area contributed by atoms with Gasteiger partial charge in [0.25, 0.3) is 0 Å². The molecule has 0 N–H and O–H groups in total. The second-order valence-corrected chi connectivity index (χ2v) is 7.71. The van der Waals surface area contributed by atoms with Gasteiger partial charge in [0.2, 0.25) is 11.8 Å². The van der Waals surface area contributed by atoms with E-state index in [1.807, 2.05) is 11.8 Å². The first kappa shape index (κ1) is 20.7. The van der Waals surface area contributed by atoms with Crippen LogP contribution in [0.25, 0.3) is 0 Å². The van der Waals surface area contributed by atoms with Crippen LogP contribution in [0.5, 0.6) is 5.75 Å². The van der Waals surface area contributed by atoms with E-state index in [9.17, 15) is 9.18 Å². The molecule has 1 amide bonds. The number of ether oxygens (including phenoxy) is 2. The van der Waals surface area contributed by atoms with E-state index in [0.717, 1.165) is 38.2 Å². The van der Waals surface area contributed by atoms with Crippen molar-refractivity contribution >= 4 is 5.91 Å². The second kappa shape index (κ2) is 9.53. The number of aromatic nitrogens is 2. The average molecular weight is 418 g/mol. The fourth-order valence-corrected chi connectivity index (χ4v) is 3.90. The fourth-order valence-electron chi connectivity index (χ4n) is 3.90. The van der Waals surface area contributed by atoms with E-state index in [1.54, 1.807) is 12.1 Å². The lowest BCUT2D eigenvalue weighted by molar-refractivity contribution is -0.155. The molecule has 3 heterocycles. The highest BCUT2D eigenvalue weighted by Gasteiger charge is 2.34. The number of hydrogen-bond acceptors (Lipinski definition) is 7. The van der Waals surface area contributed by atoms with E-state index < -0.39 is 0 Å². The summed E-state index contributed by atoms with van der Waals surface area (Å²) in [6.45, 7) is 5.28. The minimum atomic E-state index is -0.302. The molecule has 2 fully saturated rings. The summed E-state index contributed by atoms with van der Waals surface area (Å²) in [6.07, 6.45) is 2.35. The van der Waals surface area contributed by atoms with Crippen LogP contribution in [0, 0.1) is 5.82 Å². The maximum Gasteiger partial charge on any atom is 0.248 e. The number of halogens is 1. The van der Waals surface area contributed by atoms with Crippen molar-refractivity contribution in [1.29, 1.82) is 0 Å². The van der Waals surface area contributed by atoms with Crippen molar-refractivity contribution in [1.82, 2.24) is 19.9 Å². The zero-order valence-electron chi connectivity index (χ0n) is 17.1. The summed E-state index contributed by atoms with van der Waals surface area (Å²) in [6, 6.07) is 6.09. The smallest absolute Gasteiger partial charge is 0.248 e. The molecule has 0 unspecified atom stereocenters. The van der Waals surface area contributed by atoms with Gasteiger partial charge in [-0.3, -0.25) is 9.69 Å².